The third-order valence-corrected chi connectivity index (χ3v) is 3.97. The van der Waals surface area contributed by atoms with Crippen LogP contribution in [0.25, 0.3) is 0 Å². The molecule has 1 N–H and O–H groups in total. The molecule has 1 saturated heterocycles. The van der Waals surface area contributed by atoms with Crippen LogP contribution in [0.1, 0.15) is 30.3 Å². The first-order valence-electron chi connectivity index (χ1n) is 5.01. The molecule has 0 saturated carbocycles. The summed E-state index contributed by atoms with van der Waals surface area (Å²) in [6.45, 7) is 0. The van der Waals surface area contributed by atoms with Crippen molar-refractivity contribution in [2.24, 2.45) is 7.05 Å². The number of rotatable bonds is 2. The molecule has 0 aliphatic carbocycles. The molecule has 14 heavy (non-hydrogen) atoms. The van der Waals surface area contributed by atoms with E-state index in [4.69, 9.17) is 0 Å². The van der Waals surface area contributed by atoms with Gasteiger partial charge in [0.1, 0.15) is 5.82 Å². The maximum absolute atomic E-state index is 4.24. The molecule has 0 bridgehead atoms. The van der Waals surface area contributed by atoms with E-state index in [-0.39, 0.29) is 0 Å². The molecule has 5 heteroatoms. The van der Waals surface area contributed by atoms with Crippen molar-refractivity contribution < 1.29 is 0 Å². The third-order valence-electron chi connectivity index (χ3n) is 2.60. The van der Waals surface area contributed by atoms with Crippen LogP contribution < -0.4 is 5.32 Å². The van der Waals surface area contributed by atoms with Crippen molar-refractivity contribution >= 4 is 17.7 Å². The Balaban J connectivity index is 2.18. The highest BCUT2D eigenvalue weighted by Crippen LogP contribution is 2.37. The first kappa shape index (κ1) is 9.83. The highest BCUT2D eigenvalue weighted by molar-refractivity contribution is 7.99. The fourth-order valence-electron chi connectivity index (χ4n) is 1.78. The monoisotopic (exact) mass is 212 g/mol. The van der Waals surface area contributed by atoms with E-state index < -0.39 is 0 Å². The van der Waals surface area contributed by atoms with Crippen molar-refractivity contribution in [1.29, 1.82) is 0 Å². The summed E-state index contributed by atoms with van der Waals surface area (Å²) < 4.78 is 2.06. The van der Waals surface area contributed by atoms with E-state index in [9.17, 15) is 0 Å². The van der Waals surface area contributed by atoms with Gasteiger partial charge in [-0.25, -0.2) is 0 Å². The molecule has 78 valence electrons. The lowest BCUT2D eigenvalue weighted by Crippen LogP contribution is -2.09. The molecule has 1 atom stereocenters. The Bertz CT molecular complexity index is 304. The third kappa shape index (κ3) is 1.73. The predicted molar refractivity (Wildman–Crippen MR) is 59.6 cm³/mol. The first-order valence-corrected chi connectivity index (χ1v) is 6.06. The van der Waals surface area contributed by atoms with Crippen LogP contribution >= 0.6 is 11.8 Å². The topological polar surface area (TPSA) is 42.7 Å². The SMILES string of the molecule is CNc1nnc(C2CCCCS2)n1C. The van der Waals surface area contributed by atoms with Crippen LogP contribution in [0.15, 0.2) is 0 Å². The van der Waals surface area contributed by atoms with Crippen LogP contribution in [-0.4, -0.2) is 27.6 Å². The van der Waals surface area contributed by atoms with Gasteiger partial charge < -0.3 is 5.32 Å². The van der Waals surface area contributed by atoms with Gasteiger partial charge >= 0.3 is 0 Å². The number of anilines is 1. The van der Waals surface area contributed by atoms with Crippen LogP contribution in [0, 0.1) is 0 Å². The molecule has 0 spiro atoms. The smallest absolute Gasteiger partial charge is 0.224 e. The van der Waals surface area contributed by atoms with Crippen molar-refractivity contribution in [3.05, 3.63) is 5.82 Å². The van der Waals surface area contributed by atoms with E-state index in [1.807, 2.05) is 25.9 Å². The minimum Gasteiger partial charge on any atom is -0.357 e. The number of hydrogen-bond acceptors (Lipinski definition) is 4. The van der Waals surface area contributed by atoms with Crippen LogP contribution in [0.4, 0.5) is 5.95 Å². The maximum atomic E-state index is 4.24. The Hall–Kier alpha value is -0.710. The minimum absolute atomic E-state index is 0.545. The average Bonchev–Trinajstić information content (AvgIpc) is 2.61. The molecule has 1 aromatic heterocycles. The lowest BCUT2D eigenvalue weighted by atomic mass is 10.2. The van der Waals surface area contributed by atoms with Crippen molar-refractivity contribution in [1.82, 2.24) is 14.8 Å². The Morgan fingerprint density at radius 1 is 1.43 bits per heavy atom. The van der Waals surface area contributed by atoms with Crippen molar-refractivity contribution in [3.8, 4) is 0 Å². The lowest BCUT2D eigenvalue weighted by Gasteiger charge is -2.20. The van der Waals surface area contributed by atoms with E-state index in [1.165, 1.54) is 25.0 Å². The zero-order valence-electron chi connectivity index (χ0n) is 8.66. The van der Waals surface area contributed by atoms with E-state index in [2.05, 4.69) is 20.1 Å². The molecular formula is C9H16N4S. The van der Waals surface area contributed by atoms with Gasteiger partial charge in [0.2, 0.25) is 5.95 Å². The highest BCUT2D eigenvalue weighted by atomic mass is 32.2. The highest BCUT2D eigenvalue weighted by Gasteiger charge is 2.21. The average molecular weight is 212 g/mol. The molecule has 1 aromatic rings. The van der Waals surface area contributed by atoms with Crippen molar-refractivity contribution in [3.63, 3.8) is 0 Å². The second kappa shape index (κ2) is 4.21. The largest absolute Gasteiger partial charge is 0.357 e. The van der Waals surface area contributed by atoms with Gasteiger partial charge in [0.15, 0.2) is 0 Å². The Morgan fingerprint density at radius 2 is 2.29 bits per heavy atom. The minimum atomic E-state index is 0.545. The van der Waals surface area contributed by atoms with E-state index in [0.29, 0.717) is 5.25 Å². The summed E-state index contributed by atoms with van der Waals surface area (Å²) in [6.07, 6.45) is 3.90. The molecular weight excluding hydrogens is 196 g/mol. The predicted octanol–water partition coefficient (Wildman–Crippen LogP) is 1.81. The number of nitrogens with one attached hydrogen (secondary N) is 1. The van der Waals surface area contributed by atoms with Gasteiger partial charge in [0.05, 0.1) is 5.25 Å². The van der Waals surface area contributed by atoms with Crippen molar-refractivity contribution in [2.45, 2.75) is 24.5 Å². The molecule has 1 aliphatic heterocycles. The fraction of sp³-hybridized carbons (Fsp3) is 0.778. The fourth-order valence-corrected chi connectivity index (χ4v) is 3.13. The maximum Gasteiger partial charge on any atom is 0.224 e. The van der Waals surface area contributed by atoms with Crippen LogP contribution in [0.5, 0.6) is 0 Å². The number of hydrogen-bond donors (Lipinski definition) is 1. The number of thioether (sulfide) groups is 1. The molecule has 1 unspecified atom stereocenters. The lowest BCUT2D eigenvalue weighted by molar-refractivity contribution is 0.641. The quantitative estimate of drug-likeness (QED) is 0.812. The normalized spacial score (nSPS) is 22.3. The van der Waals surface area contributed by atoms with Gasteiger partial charge in [-0.2, -0.15) is 11.8 Å². The Labute approximate surface area is 88.5 Å². The summed E-state index contributed by atoms with van der Waals surface area (Å²) in [5.41, 5.74) is 0. The summed E-state index contributed by atoms with van der Waals surface area (Å²) in [5.74, 6) is 3.22. The van der Waals surface area contributed by atoms with Gasteiger partial charge in [-0.05, 0) is 18.6 Å². The molecule has 2 heterocycles. The van der Waals surface area contributed by atoms with Crippen LogP contribution in [-0.2, 0) is 7.05 Å². The summed E-state index contributed by atoms with van der Waals surface area (Å²) in [7, 11) is 3.90. The number of nitrogens with zero attached hydrogens (tertiary/aromatic N) is 3. The second-order valence-electron chi connectivity index (χ2n) is 3.55. The molecule has 1 aliphatic rings. The summed E-state index contributed by atoms with van der Waals surface area (Å²) in [4.78, 5) is 0. The van der Waals surface area contributed by atoms with Gasteiger partial charge in [-0.1, -0.05) is 6.42 Å². The Morgan fingerprint density at radius 3 is 2.86 bits per heavy atom. The first-order chi connectivity index (χ1) is 6.83. The molecule has 0 radical (unpaired) electrons. The van der Waals surface area contributed by atoms with Crippen molar-refractivity contribution in [2.75, 3.05) is 18.1 Å². The molecule has 4 nitrogen and oxygen atoms in total. The molecule has 0 aromatic carbocycles. The Kier molecular flexibility index (Phi) is 2.96. The van der Waals surface area contributed by atoms with E-state index in [0.717, 1.165) is 11.8 Å². The van der Waals surface area contributed by atoms with Gasteiger partial charge in [-0.15, -0.1) is 10.2 Å². The molecule has 2 rings (SSSR count). The van der Waals surface area contributed by atoms with E-state index >= 15 is 0 Å². The molecule has 1 fully saturated rings. The second-order valence-corrected chi connectivity index (χ2v) is 4.86. The van der Waals surface area contributed by atoms with Gasteiger partial charge in [0, 0.05) is 14.1 Å². The zero-order valence-corrected chi connectivity index (χ0v) is 9.47. The number of aromatic nitrogens is 3. The van der Waals surface area contributed by atoms with Gasteiger partial charge in [-0.3, -0.25) is 4.57 Å². The summed E-state index contributed by atoms with van der Waals surface area (Å²) >= 11 is 2.00. The summed E-state index contributed by atoms with van der Waals surface area (Å²) in [5, 5.41) is 11.9. The van der Waals surface area contributed by atoms with Crippen LogP contribution in [0.3, 0.4) is 0 Å². The summed E-state index contributed by atoms with van der Waals surface area (Å²) in [6, 6.07) is 0. The zero-order chi connectivity index (χ0) is 9.97. The molecule has 0 amide bonds. The van der Waals surface area contributed by atoms with Crippen LogP contribution in [0.2, 0.25) is 0 Å². The van der Waals surface area contributed by atoms with E-state index in [1.54, 1.807) is 0 Å². The van der Waals surface area contributed by atoms with Gasteiger partial charge in [0.25, 0.3) is 0 Å². The standard InChI is InChI=1S/C9H16N4S/c1-10-9-12-11-8(13(9)2)7-5-3-4-6-14-7/h7H,3-6H2,1-2H3,(H,10,12).